The maximum atomic E-state index is 13.7. The van der Waals surface area contributed by atoms with Crippen LogP contribution in [0.3, 0.4) is 0 Å². The number of pyridine rings is 1. The molecular weight excluding hydrogens is 259 g/mol. The number of nitrogens with zero attached hydrogens (tertiary/aromatic N) is 1. The number of nitrogens with one attached hydrogen (secondary N) is 1. The van der Waals surface area contributed by atoms with Gasteiger partial charge in [-0.25, -0.2) is 9.18 Å². The van der Waals surface area contributed by atoms with Crippen LogP contribution in [0.1, 0.15) is 21.6 Å². The van der Waals surface area contributed by atoms with Crippen LogP contribution in [0.25, 0.3) is 0 Å². The molecule has 4 nitrogen and oxygen atoms in total. The summed E-state index contributed by atoms with van der Waals surface area (Å²) in [6.07, 6.45) is 1.75. The molecule has 2 aromatic rings. The highest BCUT2D eigenvalue weighted by Crippen LogP contribution is 2.17. The minimum absolute atomic E-state index is 0.246. The van der Waals surface area contributed by atoms with E-state index in [2.05, 4.69) is 15.0 Å². The van der Waals surface area contributed by atoms with Gasteiger partial charge in [0.1, 0.15) is 5.82 Å². The number of hydrogen-bond donors (Lipinski definition) is 1. The number of aromatic nitrogens is 1. The Morgan fingerprint density at radius 3 is 2.80 bits per heavy atom. The molecule has 2 rings (SSSR count). The maximum Gasteiger partial charge on any atom is 0.337 e. The summed E-state index contributed by atoms with van der Waals surface area (Å²) >= 11 is 0. The van der Waals surface area contributed by atoms with Gasteiger partial charge in [0.05, 0.1) is 30.6 Å². The van der Waals surface area contributed by atoms with E-state index >= 15 is 0 Å². The molecule has 0 aliphatic carbocycles. The lowest BCUT2D eigenvalue weighted by Crippen LogP contribution is -2.06. The van der Waals surface area contributed by atoms with E-state index in [9.17, 15) is 9.18 Å². The van der Waals surface area contributed by atoms with Crippen LogP contribution in [-0.4, -0.2) is 18.1 Å². The number of rotatable bonds is 4. The molecule has 1 aromatic heterocycles. The van der Waals surface area contributed by atoms with Gasteiger partial charge in [0, 0.05) is 6.20 Å². The molecule has 0 bridgehead atoms. The molecule has 1 heterocycles. The molecule has 0 spiro atoms. The third kappa shape index (κ3) is 3.32. The van der Waals surface area contributed by atoms with Gasteiger partial charge in [0.15, 0.2) is 0 Å². The van der Waals surface area contributed by atoms with Crippen molar-refractivity contribution in [3.05, 3.63) is 59.2 Å². The predicted molar refractivity (Wildman–Crippen MR) is 74.0 cm³/mol. The largest absolute Gasteiger partial charge is 0.465 e. The van der Waals surface area contributed by atoms with Crippen LogP contribution >= 0.6 is 0 Å². The molecular formula is C15H15FN2O2. The Bertz CT molecular complexity index is 612. The molecule has 0 saturated carbocycles. The number of hydrogen-bond acceptors (Lipinski definition) is 4. The molecule has 0 saturated heterocycles. The lowest BCUT2D eigenvalue weighted by molar-refractivity contribution is 0.0600. The zero-order valence-corrected chi connectivity index (χ0v) is 11.3. The maximum absolute atomic E-state index is 13.7. The number of benzene rings is 1. The first kappa shape index (κ1) is 14.0. The number of anilines is 1. The van der Waals surface area contributed by atoms with E-state index in [1.54, 1.807) is 6.20 Å². The summed E-state index contributed by atoms with van der Waals surface area (Å²) in [5, 5.41) is 2.92. The van der Waals surface area contributed by atoms with Crippen LogP contribution in [0.5, 0.6) is 0 Å². The summed E-state index contributed by atoms with van der Waals surface area (Å²) in [5.41, 5.74) is 2.40. The Morgan fingerprint density at radius 1 is 1.35 bits per heavy atom. The number of carbonyl (C=O) groups excluding carboxylic acids is 1. The third-order valence-electron chi connectivity index (χ3n) is 2.82. The SMILES string of the molecule is COC(=O)c1ccc(F)c(NCc2ccc(C)cn2)c1. The molecule has 0 atom stereocenters. The van der Waals surface area contributed by atoms with Crippen molar-refractivity contribution in [1.29, 1.82) is 0 Å². The smallest absolute Gasteiger partial charge is 0.337 e. The van der Waals surface area contributed by atoms with E-state index in [1.807, 2.05) is 19.1 Å². The number of aryl methyl sites for hydroxylation is 1. The molecule has 0 aliphatic heterocycles. The van der Waals surface area contributed by atoms with E-state index in [4.69, 9.17) is 0 Å². The molecule has 0 amide bonds. The van der Waals surface area contributed by atoms with Crippen molar-refractivity contribution in [2.24, 2.45) is 0 Å². The second kappa shape index (κ2) is 6.14. The van der Waals surface area contributed by atoms with Crippen molar-refractivity contribution in [3.63, 3.8) is 0 Å². The number of methoxy groups -OCH3 is 1. The van der Waals surface area contributed by atoms with Gasteiger partial charge in [-0.15, -0.1) is 0 Å². The molecule has 5 heteroatoms. The summed E-state index contributed by atoms with van der Waals surface area (Å²) in [4.78, 5) is 15.6. The molecule has 20 heavy (non-hydrogen) atoms. The summed E-state index contributed by atoms with van der Waals surface area (Å²) < 4.78 is 18.3. The fraction of sp³-hybridized carbons (Fsp3) is 0.200. The summed E-state index contributed by atoms with van der Waals surface area (Å²) in [6.45, 7) is 2.32. The standard InChI is InChI=1S/C15H15FN2O2/c1-10-3-5-12(17-8-10)9-18-14-7-11(15(19)20-2)4-6-13(14)16/h3-8,18H,9H2,1-2H3. The molecule has 1 aromatic carbocycles. The average molecular weight is 274 g/mol. The predicted octanol–water partition coefficient (Wildman–Crippen LogP) is 2.93. The van der Waals surface area contributed by atoms with Crippen molar-refractivity contribution in [1.82, 2.24) is 4.98 Å². The second-order valence-corrected chi connectivity index (χ2v) is 4.37. The highest BCUT2D eigenvalue weighted by atomic mass is 19.1. The van der Waals surface area contributed by atoms with Crippen LogP contribution < -0.4 is 5.32 Å². The summed E-state index contributed by atoms with van der Waals surface area (Å²) in [6, 6.07) is 7.85. The van der Waals surface area contributed by atoms with E-state index in [0.29, 0.717) is 12.1 Å². The van der Waals surface area contributed by atoms with Crippen molar-refractivity contribution in [2.75, 3.05) is 12.4 Å². The first-order valence-corrected chi connectivity index (χ1v) is 6.13. The Hall–Kier alpha value is -2.43. The van der Waals surface area contributed by atoms with Crippen LogP contribution in [-0.2, 0) is 11.3 Å². The third-order valence-corrected chi connectivity index (χ3v) is 2.82. The van der Waals surface area contributed by atoms with Crippen molar-refractivity contribution < 1.29 is 13.9 Å². The minimum atomic E-state index is -0.499. The van der Waals surface area contributed by atoms with Gasteiger partial charge in [0.2, 0.25) is 0 Å². The van der Waals surface area contributed by atoms with Gasteiger partial charge in [-0.05, 0) is 36.8 Å². The van der Waals surface area contributed by atoms with Crippen molar-refractivity contribution in [3.8, 4) is 0 Å². The second-order valence-electron chi connectivity index (χ2n) is 4.37. The van der Waals surface area contributed by atoms with Gasteiger partial charge in [-0.1, -0.05) is 6.07 Å². The van der Waals surface area contributed by atoms with E-state index in [0.717, 1.165) is 11.3 Å². The quantitative estimate of drug-likeness (QED) is 0.871. The van der Waals surface area contributed by atoms with Gasteiger partial charge in [0.25, 0.3) is 0 Å². The first-order chi connectivity index (χ1) is 9.60. The fourth-order valence-corrected chi connectivity index (χ4v) is 1.69. The fourth-order valence-electron chi connectivity index (χ4n) is 1.69. The van der Waals surface area contributed by atoms with Crippen molar-refractivity contribution >= 4 is 11.7 Å². The van der Waals surface area contributed by atoms with Gasteiger partial charge >= 0.3 is 5.97 Å². The molecule has 104 valence electrons. The number of ether oxygens (including phenoxy) is 1. The lowest BCUT2D eigenvalue weighted by atomic mass is 10.2. The first-order valence-electron chi connectivity index (χ1n) is 6.13. The summed E-state index contributed by atoms with van der Waals surface area (Å²) in [7, 11) is 1.29. The molecule has 0 radical (unpaired) electrons. The highest BCUT2D eigenvalue weighted by molar-refractivity contribution is 5.90. The Morgan fingerprint density at radius 2 is 2.15 bits per heavy atom. The lowest BCUT2D eigenvalue weighted by Gasteiger charge is -2.09. The highest BCUT2D eigenvalue weighted by Gasteiger charge is 2.09. The van der Waals surface area contributed by atoms with E-state index in [-0.39, 0.29) is 5.69 Å². The Balaban J connectivity index is 2.12. The van der Waals surface area contributed by atoms with Crippen molar-refractivity contribution in [2.45, 2.75) is 13.5 Å². The average Bonchev–Trinajstić information content (AvgIpc) is 2.47. The van der Waals surface area contributed by atoms with E-state index in [1.165, 1.54) is 25.3 Å². The van der Waals surface area contributed by atoms with Gasteiger partial charge in [-0.3, -0.25) is 4.98 Å². The molecule has 0 fully saturated rings. The van der Waals surface area contributed by atoms with Gasteiger partial charge in [-0.2, -0.15) is 0 Å². The van der Waals surface area contributed by atoms with Crippen LogP contribution in [0.2, 0.25) is 0 Å². The summed E-state index contributed by atoms with van der Waals surface area (Å²) in [5.74, 6) is -0.925. The Labute approximate surface area is 116 Å². The topological polar surface area (TPSA) is 51.2 Å². The molecule has 1 N–H and O–H groups in total. The Kier molecular flexibility index (Phi) is 4.30. The molecule has 0 unspecified atom stereocenters. The van der Waals surface area contributed by atoms with Crippen LogP contribution in [0, 0.1) is 12.7 Å². The zero-order chi connectivity index (χ0) is 14.5. The normalized spacial score (nSPS) is 10.2. The van der Waals surface area contributed by atoms with E-state index < -0.39 is 11.8 Å². The number of esters is 1. The van der Waals surface area contributed by atoms with Gasteiger partial charge < -0.3 is 10.1 Å². The number of halogens is 1. The molecule has 0 aliphatic rings. The zero-order valence-electron chi connectivity index (χ0n) is 11.3. The monoisotopic (exact) mass is 274 g/mol. The minimum Gasteiger partial charge on any atom is -0.465 e. The van der Waals surface area contributed by atoms with Crippen LogP contribution in [0.4, 0.5) is 10.1 Å². The van der Waals surface area contributed by atoms with Crippen LogP contribution in [0.15, 0.2) is 36.5 Å². The number of carbonyl (C=O) groups is 1.